The van der Waals surface area contributed by atoms with Crippen molar-refractivity contribution in [1.29, 1.82) is 0 Å². The van der Waals surface area contributed by atoms with E-state index in [-0.39, 0.29) is 17.6 Å². The maximum atomic E-state index is 11.6. The van der Waals surface area contributed by atoms with Crippen molar-refractivity contribution in [2.75, 3.05) is 13.1 Å². The lowest BCUT2D eigenvalue weighted by atomic mass is 10.3. The van der Waals surface area contributed by atoms with E-state index in [4.69, 9.17) is 4.42 Å². The van der Waals surface area contributed by atoms with Crippen LogP contribution in [0.3, 0.4) is 0 Å². The monoisotopic (exact) mass is 259 g/mol. The van der Waals surface area contributed by atoms with Gasteiger partial charge in [-0.25, -0.2) is 0 Å². The van der Waals surface area contributed by atoms with Crippen molar-refractivity contribution in [3.63, 3.8) is 0 Å². The molecule has 0 unspecified atom stereocenters. The van der Waals surface area contributed by atoms with E-state index in [1.807, 2.05) is 0 Å². The van der Waals surface area contributed by atoms with Crippen molar-refractivity contribution < 1.29 is 14.0 Å². The quantitative estimate of drug-likeness (QED) is 0.779. The van der Waals surface area contributed by atoms with Crippen molar-refractivity contribution in [3.8, 4) is 0 Å². The Hall–Kier alpha value is -2.63. The number of pyridine rings is 1. The van der Waals surface area contributed by atoms with Crippen molar-refractivity contribution in [2.45, 2.75) is 0 Å². The molecule has 2 aromatic rings. The highest BCUT2D eigenvalue weighted by Crippen LogP contribution is 1.98. The van der Waals surface area contributed by atoms with Gasteiger partial charge in [-0.2, -0.15) is 0 Å². The topological polar surface area (TPSA) is 84.2 Å². The minimum Gasteiger partial charge on any atom is -0.459 e. The molecule has 0 atom stereocenters. The third kappa shape index (κ3) is 3.67. The lowest BCUT2D eigenvalue weighted by Gasteiger charge is -2.05. The summed E-state index contributed by atoms with van der Waals surface area (Å²) in [7, 11) is 0. The summed E-state index contributed by atoms with van der Waals surface area (Å²) in [4.78, 5) is 27.0. The van der Waals surface area contributed by atoms with Gasteiger partial charge in [0.1, 0.15) is 5.69 Å². The lowest BCUT2D eigenvalue weighted by molar-refractivity contribution is 0.0909. The van der Waals surface area contributed by atoms with Gasteiger partial charge in [0.25, 0.3) is 11.8 Å². The first-order valence-electron chi connectivity index (χ1n) is 5.78. The molecule has 2 aromatic heterocycles. The second kappa shape index (κ2) is 6.34. The van der Waals surface area contributed by atoms with E-state index in [1.165, 1.54) is 6.26 Å². The predicted molar refractivity (Wildman–Crippen MR) is 67.6 cm³/mol. The fourth-order valence-electron chi connectivity index (χ4n) is 1.43. The van der Waals surface area contributed by atoms with Crippen LogP contribution in [0, 0.1) is 0 Å². The molecule has 2 heterocycles. The first-order chi connectivity index (χ1) is 9.27. The Kier molecular flexibility index (Phi) is 4.28. The second-order valence-electron chi connectivity index (χ2n) is 3.70. The van der Waals surface area contributed by atoms with Crippen LogP contribution in [-0.2, 0) is 0 Å². The van der Waals surface area contributed by atoms with E-state index < -0.39 is 0 Å². The van der Waals surface area contributed by atoms with Crippen molar-refractivity contribution in [3.05, 3.63) is 54.2 Å². The van der Waals surface area contributed by atoms with Crippen LogP contribution < -0.4 is 10.6 Å². The molecule has 0 spiro atoms. The standard InChI is InChI=1S/C13H13N3O3/c17-12(10-4-1-2-6-14-10)15-7-8-16-13(18)11-5-3-9-19-11/h1-6,9H,7-8H2,(H,15,17)(H,16,18). The van der Waals surface area contributed by atoms with Gasteiger partial charge in [-0.05, 0) is 24.3 Å². The number of aromatic nitrogens is 1. The highest BCUT2D eigenvalue weighted by atomic mass is 16.3. The van der Waals surface area contributed by atoms with Gasteiger partial charge in [0, 0.05) is 19.3 Å². The Bertz CT molecular complexity index is 538. The fraction of sp³-hybridized carbons (Fsp3) is 0.154. The average molecular weight is 259 g/mol. The summed E-state index contributed by atoms with van der Waals surface area (Å²) in [5.74, 6) is -0.332. The summed E-state index contributed by atoms with van der Waals surface area (Å²) >= 11 is 0. The number of hydrogen-bond acceptors (Lipinski definition) is 4. The zero-order chi connectivity index (χ0) is 13.5. The number of nitrogens with zero attached hydrogens (tertiary/aromatic N) is 1. The molecule has 0 aliphatic carbocycles. The number of hydrogen-bond donors (Lipinski definition) is 2. The van der Waals surface area contributed by atoms with Crippen LogP contribution in [0.25, 0.3) is 0 Å². The summed E-state index contributed by atoms with van der Waals surface area (Å²) in [5, 5.41) is 5.28. The lowest BCUT2D eigenvalue weighted by Crippen LogP contribution is -2.34. The van der Waals surface area contributed by atoms with Crippen LogP contribution in [0.5, 0.6) is 0 Å². The number of rotatable bonds is 5. The van der Waals surface area contributed by atoms with Gasteiger partial charge in [-0.1, -0.05) is 6.07 Å². The Morgan fingerprint density at radius 2 is 1.84 bits per heavy atom. The van der Waals surface area contributed by atoms with Crippen LogP contribution in [0.15, 0.2) is 47.2 Å². The van der Waals surface area contributed by atoms with Crippen LogP contribution in [-0.4, -0.2) is 29.9 Å². The minimum atomic E-state index is -0.308. The minimum absolute atomic E-state index is 0.246. The molecule has 2 N–H and O–H groups in total. The largest absolute Gasteiger partial charge is 0.459 e. The van der Waals surface area contributed by atoms with E-state index in [0.29, 0.717) is 18.8 Å². The molecule has 0 fully saturated rings. The van der Waals surface area contributed by atoms with Crippen molar-refractivity contribution in [2.24, 2.45) is 0 Å². The molecule has 0 bridgehead atoms. The zero-order valence-electron chi connectivity index (χ0n) is 10.1. The predicted octanol–water partition coefficient (Wildman–Crippen LogP) is 0.834. The second-order valence-corrected chi connectivity index (χ2v) is 3.70. The highest BCUT2D eigenvalue weighted by Gasteiger charge is 2.08. The molecule has 2 amide bonds. The van der Waals surface area contributed by atoms with Gasteiger partial charge in [0.05, 0.1) is 6.26 Å². The smallest absolute Gasteiger partial charge is 0.287 e. The van der Waals surface area contributed by atoms with E-state index in [9.17, 15) is 9.59 Å². The molecule has 0 radical (unpaired) electrons. The Balaban J connectivity index is 1.70. The number of furan rings is 1. The Morgan fingerprint density at radius 1 is 1.05 bits per heavy atom. The van der Waals surface area contributed by atoms with Crippen LogP contribution in [0.4, 0.5) is 0 Å². The van der Waals surface area contributed by atoms with Gasteiger partial charge < -0.3 is 15.1 Å². The molecule has 0 aromatic carbocycles. The Labute approximate surface area is 109 Å². The van der Waals surface area contributed by atoms with Gasteiger partial charge in [-0.15, -0.1) is 0 Å². The van der Waals surface area contributed by atoms with E-state index >= 15 is 0 Å². The highest BCUT2D eigenvalue weighted by molar-refractivity contribution is 5.92. The number of amides is 2. The zero-order valence-corrected chi connectivity index (χ0v) is 10.1. The third-order valence-corrected chi connectivity index (χ3v) is 2.34. The molecule has 0 aliphatic heterocycles. The van der Waals surface area contributed by atoms with Crippen molar-refractivity contribution in [1.82, 2.24) is 15.6 Å². The maximum absolute atomic E-state index is 11.6. The van der Waals surface area contributed by atoms with Crippen molar-refractivity contribution >= 4 is 11.8 Å². The molecule has 2 rings (SSSR count). The molecule has 0 saturated carbocycles. The fourth-order valence-corrected chi connectivity index (χ4v) is 1.43. The maximum Gasteiger partial charge on any atom is 0.287 e. The van der Waals surface area contributed by atoms with Crippen LogP contribution >= 0.6 is 0 Å². The van der Waals surface area contributed by atoms with Gasteiger partial charge in [0.15, 0.2) is 5.76 Å². The van der Waals surface area contributed by atoms with Gasteiger partial charge in [0.2, 0.25) is 0 Å². The van der Waals surface area contributed by atoms with E-state index in [0.717, 1.165) is 0 Å². The molecule has 19 heavy (non-hydrogen) atoms. The first kappa shape index (κ1) is 12.8. The molecular formula is C13H13N3O3. The molecule has 6 nitrogen and oxygen atoms in total. The SMILES string of the molecule is O=C(NCCNC(=O)c1ccco1)c1ccccn1. The summed E-state index contributed by atoms with van der Waals surface area (Å²) in [5.41, 5.74) is 0.347. The number of carbonyl (C=O) groups excluding carboxylic acids is 2. The van der Waals surface area contributed by atoms with Crippen LogP contribution in [0.1, 0.15) is 21.0 Å². The molecule has 6 heteroatoms. The summed E-state index contributed by atoms with van der Waals surface area (Å²) < 4.78 is 4.93. The Morgan fingerprint density at radius 3 is 2.47 bits per heavy atom. The summed E-state index contributed by atoms with van der Waals surface area (Å²) in [6.07, 6.45) is 2.98. The normalized spacial score (nSPS) is 9.89. The number of nitrogens with one attached hydrogen (secondary N) is 2. The van der Waals surface area contributed by atoms with Gasteiger partial charge >= 0.3 is 0 Å². The first-order valence-corrected chi connectivity index (χ1v) is 5.78. The molecule has 0 saturated heterocycles. The van der Waals surface area contributed by atoms with E-state index in [2.05, 4.69) is 15.6 Å². The summed E-state index contributed by atoms with van der Waals surface area (Å²) in [6, 6.07) is 8.30. The third-order valence-electron chi connectivity index (χ3n) is 2.34. The van der Waals surface area contributed by atoms with Gasteiger partial charge in [-0.3, -0.25) is 14.6 Å². The number of carbonyl (C=O) groups is 2. The van der Waals surface area contributed by atoms with Crippen LogP contribution in [0.2, 0.25) is 0 Å². The molecule has 98 valence electrons. The molecular weight excluding hydrogens is 246 g/mol. The average Bonchev–Trinajstić information content (AvgIpc) is 2.98. The molecule has 0 aliphatic rings. The van der Waals surface area contributed by atoms with E-state index in [1.54, 1.807) is 36.5 Å². The summed E-state index contributed by atoms with van der Waals surface area (Å²) in [6.45, 7) is 0.639.